The van der Waals surface area contributed by atoms with Crippen LogP contribution in [-0.2, 0) is 4.79 Å². The zero-order chi connectivity index (χ0) is 16.9. The van der Waals surface area contributed by atoms with Crippen LogP contribution in [0.2, 0.25) is 0 Å². The number of hydrogen-bond donors (Lipinski definition) is 0. The second kappa shape index (κ2) is 7.85. The molecule has 0 aromatic heterocycles. The molecular formula is C18H22N2O3S. The van der Waals surface area contributed by atoms with Crippen LogP contribution < -0.4 is 4.74 Å². The molecule has 2 aliphatic heterocycles. The van der Waals surface area contributed by atoms with E-state index in [9.17, 15) is 9.59 Å². The second-order valence-corrected chi connectivity index (χ2v) is 6.93. The zero-order valence-electron chi connectivity index (χ0n) is 13.9. The number of benzene rings is 1. The molecule has 0 saturated carbocycles. The number of likely N-dealkylation sites (tertiary alicyclic amines) is 1. The molecule has 0 atom stereocenters. The van der Waals surface area contributed by atoms with Crippen LogP contribution in [-0.4, -0.2) is 47.3 Å². The molecule has 0 aliphatic carbocycles. The Morgan fingerprint density at radius 3 is 2.50 bits per heavy atom. The summed E-state index contributed by atoms with van der Waals surface area (Å²) in [6.45, 7) is 4.88. The second-order valence-electron chi connectivity index (χ2n) is 5.93. The van der Waals surface area contributed by atoms with E-state index in [1.54, 1.807) is 6.08 Å². The summed E-state index contributed by atoms with van der Waals surface area (Å²) in [5.41, 5.74) is 0.891. The third-order valence-corrected chi connectivity index (χ3v) is 5.06. The van der Waals surface area contributed by atoms with Gasteiger partial charge in [-0.2, -0.15) is 0 Å². The quantitative estimate of drug-likeness (QED) is 0.763. The largest absolute Gasteiger partial charge is 0.494 e. The van der Waals surface area contributed by atoms with Crippen molar-refractivity contribution in [3.63, 3.8) is 0 Å². The summed E-state index contributed by atoms with van der Waals surface area (Å²) in [4.78, 5) is 28.7. The van der Waals surface area contributed by atoms with Gasteiger partial charge >= 0.3 is 0 Å². The Bertz CT molecular complexity index is 636. The van der Waals surface area contributed by atoms with E-state index in [1.807, 2.05) is 31.2 Å². The predicted octanol–water partition coefficient (Wildman–Crippen LogP) is 3.57. The number of piperidine rings is 1. The smallest absolute Gasteiger partial charge is 0.294 e. The molecule has 5 nitrogen and oxygen atoms in total. The summed E-state index contributed by atoms with van der Waals surface area (Å²) in [7, 11) is 0. The summed E-state index contributed by atoms with van der Waals surface area (Å²) < 4.78 is 5.41. The van der Waals surface area contributed by atoms with E-state index < -0.39 is 0 Å². The first-order valence-corrected chi connectivity index (χ1v) is 9.19. The average molecular weight is 346 g/mol. The standard InChI is InChI=1S/C18H22N2O3S/c1-2-23-15-8-6-14(7-9-15)12-16-17(21)20(18(22)24-16)13-19-10-4-3-5-11-19/h6-9,12H,2-5,10-11,13H2,1H3/b16-12+. The van der Waals surface area contributed by atoms with Crippen LogP contribution >= 0.6 is 11.8 Å². The molecule has 0 unspecified atom stereocenters. The number of imide groups is 1. The van der Waals surface area contributed by atoms with E-state index in [2.05, 4.69) is 4.90 Å². The highest BCUT2D eigenvalue weighted by atomic mass is 32.2. The Hall–Kier alpha value is -1.79. The number of thioether (sulfide) groups is 1. The van der Waals surface area contributed by atoms with E-state index in [-0.39, 0.29) is 11.1 Å². The normalized spacial score (nSPS) is 20.9. The van der Waals surface area contributed by atoms with Crippen LogP contribution in [0, 0.1) is 0 Å². The summed E-state index contributed by atoms with van der Waals surface area (Å²) in [6, 6.07) is 7.52. The van der Waals surface area contributed by atoms with Crippen molar-refractivity contribution in [1.82, 2.24) is 9.80 Å². The first kappa shape index (κ1) is 17.0. The van der Waals surface area contributed by atoms with Crippen LogP contribution in [0.25, 0.3) is 6.08 Å². The minimum Gasteiger partial charge on any atom is -0.494 e. The maximum atomic E-state index is 12.5. The van der Waals surface area contributed by atoms with Gasteiger partial charge in [0.1, 0.15) is 5.75 Å². The molecule has 0 bridgehead atoms. The number of hydrogen-bond acceptors (Lipinski definition) is 5. The van der Waals surface area contributed by atoms with Gasteiger partial charge in [0.15, 0.2) is 0 Å². The minimum absolute atomic E-state index is 0.178. The number of carbonyl (C=O) groups excluding carboxylic acids is 2. The lowest BCUT2D eigenvalue weighted by Gasteiger charge is -2.29. The third kappa shape index (κ3) is 3.99. The number of amides is 2. The van der Waals surface area contributed by atoms with Gasteiger partial charge < -0.3 is 4.74 Å². The molecule has 2 heterocycles. The number of ether oxygens (including phenoxy) is 1. The third-order valence-electron chi connectivity index (χ3n) is 4.15. The highest BCUT2D eigenvalue weighted by Gasteiger charge is 2.36. The van der Waals surface area contributed by atoms with Gasteiger partial charge in [0.25, 0.3) is 11.1 Å². The summed E-state index contributed by atoms with van der Waals surface area (Å²) in [5.74, 6) is 0.609. The highest BCUT2D eigenvalue weighted by molar-refractivity contribution is 8.18. The van der Waals surface area contributed by atoms with Crippen molar-refractivity contribution in [2.24, 2.45) is 0 Å². The number of rotatable bonds is 5. The van der Waals surface area contributed by atoms with Crippen LogP contribution in [0.1, 0.15) is 31.7 Å². The predicted molar refractivity (Wildman–Crippen MR) is 95.7 cm³/mol. The lowest BCUT2D eigenvalue weighted by molar-refractivity contribution is -0.124. The fraction of sp³-hybridized carbons (Fsp3) is 0.444. The molecule has 2 aliphatic rings. The molecule has 3 rings (SSSR count). The van der Waals surface area contributed by atoms with Crippen LogP contribution in [0.5, 0.6) is 5.75 Å². The lowest BCUT2D eigenvalue weighted by Crippen LogP contribution is -2.42. The van der Waals surface area contributed by atoms with Crippen LogP contribution in [0.4, 0.5) is 4.79 Å². The van der Waals surface area contributed by atoms with Gasteiger partial charge in [0, 0.05) is 0 Å². The maximum Gasteiger partial charge on any atom is 0.294 e. The molecule has 2 amide bonds. The van der Waals surface area contributed by atoms with Gasteiger partial charge in [0.05, 0.1) is 18.2 Å². The molecule has 0 spiro atoms. The first-order chi connectivity index (χ1) is 11.7. The molecule has 2 saturated heterocycles. The molecular weight excluding hydrogens is 324 g/mol. The van der Waals surface area contributed by atoms with Gasteiger partial charge in [0.2, 0.25) is 0 Å². The molecule has 128 valence electrons. The Morgan fingerprint density at radius 2 is 1.83 bits per heavy atom. The van der Waals surface area contributed by atoms with Gasteiger partial charge in [-0.05, 0) is 68.4 Å². The molecule has 1 aromatic carbocycles. The lowest BCUT2D eigenvalue weighted by atomic mass is 10.1. The van der Waals surface area contributed by atoms with Crippen molar-refractivity contribution in [2.45, 2.75) is 26.2 Å². The zero-order valence-corrected chi connectivity index (χ0v) is 14.7. The Kier molecular flexibility index (Phi) is 5.58. The Balaban J connectivity index is 1.68. The van der Waals surface area contributed by atoms with E-state index in [1.165, 1.54) is 11.3 Å². The van der Waals surface area contributed by atoms with Crippen LogP contribution in [0.3, 0.4) is 0 Å². The average Bonchev–Trinajstić information content (AvgIpc) is 2.85. The molecule has 2 fully saturated rings. The van der Waals surface area contributed by atoms with E-state index in [0.29, 0.717) is 18.2 Å². The van der Waals surface area contributed by atoms with Crippen LogP contribution in [0.15, 0.2) is 29.2 Å². The van der Waals surface area contributed by atoms with Gasteiger partial charge in [-0.15, -0.1) is 0 Å². The van der Waals surface area contributed by atoms with Crippen molar-refractivity contribution >= 4 is 29.0 Å². The topological polar surface area (TPSA) is 49.9 Å². The Morgan fingerprint density at radius 1 is 1.12 bits per heavy atom. The van der Waals surface area contributed by atoms with E-state index in [4.69, 9.17) is 4.74 Å². The van der Waals surface area contributed by atoms with Crippen molar-refractivity contribution in [3.8, 4) is 5.75 Å². The molecule has 1 aromatic rings. The maximum absolute atomic E-state index is 12.5. The molecule has 0 radical (unpaired) electrons. The fourth-order valence-electron chi connectivity index (χ4n) is 2.90. The summed E-state index contributed by atoms with van der Waals surface area (Å²) in [6.07, 6.45) is 5.28. The minimum atomic E-state index is -0.190. The SMILES string of the molecule is CCOc1ccc(/C=C2/SC(=O)N(CN3CCCCC3)C2=O)cc1. The van der Waals surface area contributed by atoms with Crippen molar-refractivity contribution in [1.29, 1.82) is 0 Å². The monoisotopic (exact) mass is 346 g/mol. The van der Waals surface area contributed by atoms with E-state index >= 15 is 0 Å². The van der Waals surface area contributed by atoms with Gasteiger partial charge in [-0.3, -0.25) is 19.4 Å². The van der Waals surface area contributed by atoms with Crippen molar-refractivity contribution < 1.29 is 14.3 Å². The molecule has 6 heteroatoms. The van der Waals surface area contributed by atoms with E-state index in [0.717, 1.165) is 49.0 Å². The number of carbonyl (C=O) groups is 2. The Labute approximate surface area is 146 Å². The van der Waals surface area contributed by atoms with Gasteiger partial charge in [-0.1, -0.05) is 18.6 Å². The first-order valence-electron chi connectivity index (χ1n) is 8.38. The summed E-state index contributed by atoms with van der Waals surface area (Å²) in [5, 5.41) is -0.178. The molecule has 0 N–H and O–H groups in total. The van der Waals surface area contributed by atoms with Crippen molar-refractivity contribution in [3.05, 3.63) is 34.7 Å². The fourth-order valence-corrected chi connectivity index (χ4v) is 3.73. The highest BCUT2D eigenvalue weighted by Crippen LogP contribution is 2.32. The van der Waals surface area contributed by atoms with Crippen molar-refractivity contribution in [2.75, 3.05) is 26.4 Å². The molecule has 24 heavy (non-hydrogen) atoms. The summed E-state index contributed by atoms with van der Waals surface area (Å²) >= 11 is 1.02. The van der Waals surface area contributed by atoms with Gasteiger partial charge in [-0.25, -0.2) is 0 Å². The number of nitrogens with zero attached hydrogens (tertiary/aromatic N) is 2.